The number of rotatable bonds is 5. The van der Waals surface area contributed by atoms with E-state index in [1.807, 2.05) is 6.07 Å². The fraction of sp³-hybridized carbons (Fsp3) is 0.444. The second kappa shape index (κ2) is 7.46. The van der Waals surface area contributed by atoms with Gasteiger partial charge in [-0.25, -0.2) is 4.98 Å². The molecule has 1 amide bonds. The van der Waals surface area contributed by atoms with Crippen molar-refractivity contribution in [3.63, 3.8) is 0 Å². The minimum absolute atomic E-state index is 0.0115. The average Bonchev–Trinajstić information content (AvgIpc) is 3.15. The number of esters is 1. The van der Waals surface area contributed by atoms with Crippen LogP contribution in [0.3, 0.4) is 0 Å². The Balaban J connectivity index is 1.58. The molecule has 1 aromatic heterocycles. The molecule has 1 atom stereocenters. The number of benzene rings is 1. The number of fused-ring (bicyclic) bond motifs is 1. The molecule has 1 aromatic carbocycles. The van der Waals surface area contributed by atoms with Crippen molar-refractivity contribution in [3.05, 3.63) is 40.9 Å². The number of hydrogen-bond acceptors (Lipinski definition) is 5. The van der Waals surface area contributed by atoms with E-state index in [2.05, 4.69) is 4.98 Å². The van der Waals surface area contributed by atoms with Gasteiger partial charge in [0.1, 0.15) is 0 Å². The predicted molar refractivity (Wildman–Crippen MR) is 92.0 cm³/mol. The van der Waals surface area contributed by atoms with E-state index in [4.69, 9.17) is 4.74 Å². The van der Waals surface area contributed by atoms with Crippen LogP contribution in [-0.4, -0.2) is 45.5 Å². The molecule has 0 spiro atoms. The van der Waals surface area contributed by atoms with Gasteiger partial charge in [0, 0.05) is 19.6 Å². The molecular weight excluding hydrogens is 322 g/mol. The fourth-order valence-corrected chi connectivity index (χ4v) is 2.98. The van der Waals surface area contributed by atoms with E-state index < -0.39 is 12.1 Å². The smallest absolute Gasteiger partial charge is 0.308 e. The summed E-state index contributed by atoms with van der Waals surface area (Å²) in [6.45, 7) is 3.19. The molecule has 7 nitrogen and oxygen atoms in total. The molecule has 0 aliphatic carbocycles. The molecular formula is C18H21N3O4. The van der Waals surface area contributed by atoms with E-state index in [1.165, 1.54) is 10.9 Å². The molecule has 2 aromatic rings. The Kier molecular flexibility index (Phi) is 5.11. The molecule has 1 aliphatic rings. The summed E-state index contributed by atoms with van der Waals surface area (Å²) in [5.41, 5.74) is 0.427. The van der Waals surface area contributed by atoms with Crippen molar-refractivity contribution < 1.29 is 14.3 Å². The number of carbonyl (C=O) groups excluding carboxylic acids is 2. The molecule has 1 fully saturated rings. The van der Waals surface area contributed by atoms with Crippen molar-refractivity contribution in [2.75, 3.05) is 13.1 Å². The van der Waals surface area contributed by atoms with Gasteiger partial charge in [-0.05, 0) is 31.9 Å². The fourth-order valence-electron chi connectivity index (χ4n) is 2.98. The number of ether oxygens (including phenoxy) is 1. The van der Waals surface area contributed by atoms with Crippen molar-refractivity contribution in [1.29, 1.82) is 0 Å². The first-order chi connectivity index (χ1) is 12.1. The van der Waals surface area contributed by atoms with Gasteiger partial charge in [-0.2, -0.15) is 0 Å². The lowest BCUT2D eigenvalue weighted by molar-refractivity contribution is -0.158. The maximum atomic E-state index is 12.4. The molecule has 1 saturated heterocycles. The van der Waals surface area contributed by atoms with Crippen LogP contribution in [0.4, 0.5) is 0 Å². The third-order valence-corrected chi connectivity index (χ3v) is 4.36. The average molecular weight is 343 g/mol. The van der Waals surface area contributed by atoms with Crippen molar-refractivity contribution in [2.45, 2.75) is 38.8 Å². The molecule has 0 N–H and O–H groups in total. The van der Waals surface area contributed by atoms with Gasteiger partial charge >= 0.3 is 5.97 Å². The summed E-state index contributed by atoms with van der Waals surface area (Å²) in [6, 6.07) is 7.06. The highest BCUT2D eigenvalue weighted by atomic mass is 16.5. The Morgan fingerprint density at radius 2 is 1.96 bits per heavy atom. The Bertz CT molecular complexity index is 840. The second-order valence-electron chi connectivity index (χ2n) is 6.17. The number of carbonyl (C=O) groups is 2. The maximum absolute atomic E-state index is 12.4. The number of aromatic nitrogens is 2. The van der Waals surface area contributed by atoms with Crippen LogP contribution >= 0.6 is 0 Å². The monoisotopic (exact) mass is 343 g/mol. The zero-order chi connectivity index (χ0) is 17.8. The number of nitrogens with zero attached hydrogens (tertiary/aromatic N) is 3. The third kappa shape index (κ3) is 3.87. The summed E-state index contributed by atoms with van der Waals surface area (Å²) in [5, 5.41) is 0.510. The van der Waals surface area contributed by atoms with Gasteiger partial charge in [-0.1, -0.05) is 12.1 Å². The van der Waals surface area contributed by atoms with Gasteiger partial charge in [-0.3, -0.25) is 19.0 Å². The zero-order valence-electron chi connectivity index (χ0n) is 14.2. The van der Waals surface area contributed by atoms with Gasteiger partial charge < -0.3 is 9.64 Å². The van der Waals surface area contributed by atoms with Crippen LogP contribution in [0.5, 0.6) is 0 Å². The first kappa shape index (κ1) is 17.1. The van der Waals surface area contributed by atoms with E-state index in [1.54, 1.807) is 30.0 Å². The highest BCUT2D eigenvalue weighted by molar-refractivity contribution is 5.83. The van der Waals surface area contributed by atoms with E-state index in [0.717, 1.165) is 25.9 Å². The highest BCUT2D eigenvalue weighted by Gasteiger charge is 2.25. The SMILES string of the molecule is CC(OC(=O)CCn1cnc2ccccc2c1=O)C(=O)N1CCCC1. The summed E-state index contributed by atoms with van der Waals surface area (Å²) >= 11 is 0. The van der Waals surface area contributed by atoms with E-state index >= 15 is 0 Å². The van der Waals surface area contributed by atoms with Gasteiger partial charge in [-0.15, -0.1) is 0 Å². The molecule has 3 rings (SSSR count). The molecule has 132 valence electrons. The first-order valence-corrected chi connectivity index (χ1v) is 8.49. The van der Waals surface area contributed by atoms with E-state index in [0.29, 0.717) is 10.9 Å². The Hall–Kier alpha value is -2.70. The van der Waals surface area contributed by atoms with E-state index in [-0.39, 0.29) is 24.4 Å². The quantitative estimate of drug-likeness (QED) is 0.765. The van der Waals surface area contributed by atoms with Crippen LogP contribution in [0.15, 0.2) is 35.4 Å². The lowest BCUT2D eigenvalue weighted by Gasteiger charge is -2.20. The van der Waals surface area contributed by atoms with Gasteiger partial charge in [0.15, 0.2) is 6.10 Å². The summed E-state index contributed by atoms with van der Waals surface area (Å²) in [5.74, 6) is -0.657. The molecule has 2 heterocycles. The van der Waals surface area contributed by atoms with Crippen molar-refractivity contribution in [1.82, 2.24) is 14.5 Å². The number of amides is 1. The summed E-state index contributed by atoms with van der Waals surface area (Å²) < 4.78 is 6.59. The van der Waals surface area contributed by atoms with E-state index in [9.17, 15) is 14.4 Å². The van der Waals surface area contributed by atoms with Crippen LogP contribution in [-0.2, 0) is 20.9 Å². The third-order valence-electron chi connectivity index (χ3n) is 4.36. The lowest BCUT2D eigenvalue weighted by atomic mass is 10.2. The van der Waals surface area contributed by atoms with Crippen LogP contribution < -0.4 is 5.56 Å². The van der Waals surface area contributed by atoms with Crippen LogP contribution in [0.25, 0.3) is 10.9 Å². The summed E-state index contributed by atoms with van der Waals surface area (Å²) in [4.78, 5) is 42.4. The molecule has 1 unspecified atom stereocenters. The van der Waals surface area contributed by atoms with Crippen molar-refractivity contribution >= 4 is 22.8 Å². The topological polar surface area (TPSA) is 81.5 Å². The standard InChI is InChI=1S/C18H21N3O4/c1-13(17(23)20-9-4-5-10-20)25-16(22)8-11-21-12-19-15-7-3-2-6-14(15)18(21)24/h2-3,6-7,12-13H,4-5,8-11H2,1H3. The second-order valence-corrected chi connectivity index (χ2v) is 6.17. The predicted octanol–water partition coefficient (Wildman–Crippen LogP) is 1.34. The Morgan fingerprint density at radius 3 is 2.72 bits per heavy atom. The molecule has 25 heavy (non-hydrogen) atoms. The lowest BCUT2D eigenvalue weighted by Crippen LogP contribution is -2.38. The molecule has 1 aliphatic heterocycles. The van der Waals surface area contributed by atoms with Crippen LogP contribution in [0.1, 0.15) is 26.2 Å². The number of hydrogen-bond donors (Lipinski definition) is 0. The van der Waals surface area contributed by atoms with Crippen molar-refractivity contribution in [3.8, 4) is 0 Å². The first-order valence-electron chi connectivity index (χ1n) is 8.49. The zero-order valence-corrected chi connectivity index (χ0v) is 14.2. The molecule has 0 bridgehead atoms. The number of aryl methyl sites for hydroxylation is 1. The van der Waals surface area contributed by atoms with Crippen molar-refractivity contribution in [2.24, 2.45) is 0 Å². The maximum Gasteiger partial charge on any atom is 0.308 e. The Morgan fingerprint density at radius 1 is 1.24 bits per heavy atom. The van der Waals surface area contributed by atoms with Crippen LogP contribution in [0.2, 0.25) is 0 Å². The minimum atomic E-state index is -0.794. The van der Waals surface area contributed by atoms with Gasteiger partial charge in [0.25, 0.3) is 11.5 Å². The minimum Gasteiger partial charge on any atom is -0.452 e. The normalized spacial score (nSPS) is 15.3. The Labute approximate surface area is 145 Å². The number of para-hydroxylation sites is 1. The molecule has 0 saturated carbocycles. The summed E-state index contributed by atoms with van der Waals surface area (Å²) in [6.07, 6.45) is 2.63. The molecule has 0 radical (unpaired) electrons. The largest absolute Gasteiger partial charge is 0.452 e. The molecule has 7 heteroatoms. The highest BCUT2D eigenvalue weighted by Crippen LogP contribution is 2.11. The number of likely N-dealkylation sites (tertiary alicyclic amines) is 1. The van der Waals surface area contributed by atoms with Crippen LogP contribution in [0, 0.1) is 0 Å². The van der Waals surface area contributed by atoms with Gasteiger partial charge in [0.05, 0.1) is 23.7 Å². The van der Waals surface area contributed by atoms with Gasteiger partial charge in [0.2, 0.25) is 0 Å². The summed E-state index contributed by atoms with van der Waals surface area (Å²) in [7, 11) is 0.